The van der Waals surface area contributed by atoms with E-state index in [1.807, 2.05) is 34.5 Å². The van der Waals surface area contributed by atoms with Gasteiger partial charge in [-0.3, -0.25) is 9.89 Å². The Labute approximate surface area is 170 Å². The normalized spacial score (nSPS) is 11.2. The summed E-state index contributed by atoms with van der Waals surface area (Å²) in [5, 5.41) is 17.1. The molecule has 0 atom stereocenters. The summed E-state index contributed by atoms with van der Waals surface area (Å²) in [6.45, 7) is 5.46. The van der Waals surface area contributed by atoms with Crippen molar-refractivity contribution >= 4 is 40.5 Å². The summed E-state index contributed by atoms with van der Waals surface area (Å²) < 4.78 is 4.22. The summed E-state index contributed by atoms with van der Waals surface area (Å²) in [7, 11) is 0. The van der Waals surface area contributed by atoms with Gasteiger partial charge in [-0.1, -0.05) is 6.07 Å². The molecule has 8 nitrogen and oxygen atoms in total. The van der Waals surface area contributed by atoms with E-state index in [1.165, 1.54) is 4.88 Å². The van der Waals surface area contributed by atoms with Crippen LogP contribution in [0.2, 0.25) is 0 Å². The first-order valence-corrected chi connectivity index (χ1v) is 10.1. The van der Waals surface area contributed by atoms with Gasteiger partial charge in [0.1, 0.15) is 0 Å². The lowest BCUT2D eigenvalue weighted by Crippen LogP contribution is -2.25. The van der Waals surface area contributed by atoms with Gasteiger partial charge >= 0.3 is 0 Å². The molecule has 4 aromatic rings. The predicted octanol–water partition coefficient (Wildman–Crippen LogP) is 3.05. The number of hydrogen-bond acceptors (Lipinski definition) is 6. The van der Waals surface area contributed by atoms with Crippen LogP contribution in [0, 0.1) is 11.7 Å². The van der Waals surface area contributed by atoms with E-state index in [-0.39, 0.29) is 12.5 Å². The van der Waals surface area contributed by atoms with Gasteiger partial charge in [0.2, 0.25) is 0 Å². The number of hydrogen-bond donors (Lipinski definition) is 2. The van der Waals surface area contributed by atoms with E-state index < -0.39 is 0 Å². The van der Waals surface area contributed by atoms with Crippen molar-refractivity contribution in [3.63, 3.8) is 0 Å². The second-order valence-electron chi connectivity index (χ2n) is 6.30. The zero-order chi connectivity index (χ0) is 19.7. The van der Waals surface area contributed by atoms with Crippen LogP contribution >= 0.6 is 23.6 Å². The first-order valence-electron chi connectivity index (χ1n) is 8.84. The third-order valence-corrected chi connectivity index (χ3v) is 5.60. The van der Waals surface area contributed by atoms with Crippen molar-refractivity contribution in [2.24, 2.45) is 0 Å². The minimum absolute atomic E-state index is 0.192. The van der Waals surface area contributed by atoms with E-state index in [4.69, 9.17) is 12.2 Å². The standard InChI is InChI=1S/C18H19N7OS2/c1-3-24-15(22-23-18(24)27)9-19-17(26)13-7-11(2)21-16-14(13)8-20-25(16)10-12-5-4-6-28-12/h4-8H,3,9-10H2,1-2H3,(H,19,26)(H,23,27). The highest BCUT2D eigenvalue weighted by Gasteiger charge is 2.17. The molecular formula is C18H19N7OS2. The monoisotopic (exact) mass is 413 g/mol. The topological polar surface area (TPSA) is 93.4 Å². The van der Waals surface area contributed by atoms with Crippen LogP contribution in [0.25, 0.3) is 11.0 Å². The zero-order valence-corrected chi connectivity index (χ0v) is 17.1. The molecule has 0 fully saturated rings. The van der Waals surface area contributed by atoms with E-state index >= 15 is 0 Å². The van der Waals surface area contributed by atoms with Crippen LogP contribution in [0.15, 0.2) is 29.8 Å². The molecule has 0 unspecified atom stereocenters. The first kappa shape index (κ1) is 18.5. The molecule has 144 valence electrons. The van der Waals surface area contributed by atoms with Gasteiger partial charge in [0, 0.05) is 17.1 Å². The number of pyridine rings is 1. The largest absolute Gasteiger partial charge is 0.345 e. The van der Waals surface area contributed by atoms with Gasteiger partial charge in [-0.15, -0.1) is 11.3 Å². The summed E-state index contributed by atoms with van der Waals surface area (Å²) in [6, 6.07) is 5.85. The number of aryl methyl sites for hydroxylation is 1. The second kappa shape index (κ2) is 7.64. The molecule has 0 aliphatic heterocycles. The Morgan fingerprint density at radius 2 is 2.29 bits per heavy atom. The minimum Gasteiger partial charge on any atom is -0.345 e. The highest BCUT2D eigenvalue weighted by atomic mass is 32.1. The van der Waals surface area contributed by atoms with Crippen molar-refractivity contribution in [2.75, 3.05) is 0 Å². The van der Waals surface area contributed by atoms with Crippen LogP contribution in [0.3, 0.4) is 0 Å². The van der Waals surface area contributed by atoms with Crippen molar-refractivity contribution in [1.82, 2.24) is 34.8 Å². The van der Waals surface area contributed by atoms with Crippen molar-refractivity contribution in [3.8, 4) is 0 Å². The molecule has 0 aromatic carbocycles. The van der Waals surface area contributed by atoms with Crippen molar-refractivity contribution in [1.29, 1.82) is 0 Å². The predicted molar refractivity (Wildman–Crippen MR) is 110 cm³/mol. The van der Waals surface area contributed by atoms with Crippen molar-refractivity contribution in [3.05, 3.63) is 56.5 Å². The SMILES string of the molecule is CCn1c(CNC(=O)c2cc(C)nc3c2cnn3Cc2cccs2)n[nH]c1=S. The average molecular weight is 414 g/mol. The number of carbonyl (C=O) groups excluding carboxylic acids is 1. The summed E-state index contributed by atoms with van der Waals surface area (Å²) in [5.74, 6) is 0.499. The molecule has 4 heterocycles. The summed E-state index contributed by atoms with van der Waals surface area (Å²) in [6.07, 6.45) is 1.70. The van der Waals surface area contributed by atoms with Gasteiger partial charge in [-0.2, -0.15) is 10.2 Å². The molecule has 0 saturated heterocycles. The molecule has 0 bridgehead atoms. The molecule has 10 heteroatoms. The van der Waals surface area contributed by atoms with Crippen LogP contribution < -0.4 is 5.32 Å². The van der Waals surface area contributed by atoms with Crippen molar-refractivity contribution < 1.29 is 4.79 Å². The summed E-state index contributed by atoms with van der Waals surface area (Å²) in [5.41, 5.74) is 2.02. The van der Waals surface area contributed by atoms with Crippen LogP contribution in [-0.4, -0.2) is 35.4 Å². The molecule has 2 N–H and O–H groups in total. The number of thiophene rings is 1. The van der Waals surface area contributed by atoms with Crippen LogP contribution in [0.1, 0.15) is 33.7 Å². The molecule has 4 rings (SSSR count). The lowest BCUT2D eigenvalue weighted by Gasteiger charge is -2.08. The van der Waals surface area contributed by atoms with E-state index in [2.05, 4.69) is 31.7 Å². The molecule has 0 spiro atoms. The second-order valence-corrected chi connectivity index (χ2v) is 7.72. The number of nitrogens with zero attached hydrogens (tertiary/aromatic N) is 5. The number of amides is 1. The Hall–Kier alpha value is -2.85. The molecule has 0 aliphatic carbocycles. The molecule has 0 aliphatic rings. The lowest BCUT2D eigenvalue weighted by molar-refractivity contribution is 0.0951. The Kier molecular flexibility index (Phi) is 5.05. The maximum Gasteiger partial charge on any atom is 0.252 e. The maximum absolute atomic E-state index is 12.9. The van der Waals surface area contributed by atoms with Crippen molar-refractivity contribution in [2.45, 2.75) is 33.5 Å². The molecular weight excluding hydrogens is 394 g/mol. The van der Waals surface area contributed by atoms with Crippen LogP contribution in [0.4, 0.5) is 0 Å². The van der Waals surface area contributed by atoms with Gasteiger partial charge < -0.3 is 9.88 Å². The third-order valence-electron chi connectivity index (χ3n) is 4.43. The number of aromatic nitrogens is 6. The number of rotatable bonds is 6. The summed E-state index contributed by atoms with van der Waals surface area (Å²) in [4.78, 5) is 18.6. The molecule has 28 heavy (non-hydrogen) atoms. The average Bonchev–Trinajstić information content (AvgIpc) is 3.41. The first-order chi connectivity index (χ1) is 13.6. The maximum atomic E-state index is 12.9. The summed E-state index contributed by atoms with van der Waals surface area (Å²) >= 11 is 6.86. The number of nitrogens with one attached hydrogen (secondary N) is 2. The van der Waals surface area contributed by atoms with E-state index in [0.29, 0.717) is 34.9 Å². The van der Waals surface area contributed by atoms with E-state index in [0.717, 1.165) is 11.1 Å². The van der Waals surface area contributed by atoms with Crippen LogP contribution in [-0.2, 0) is 19.6 Å². The van der Waals surface area contributed by atoms with E-state index in [9.17, 15) is 4.79 Å². The number of H-pyrrole nitrogens is 1. The van der Waals surface area contributed by atoms with Gasteiger partial charge in [0.05, 0.1) is 30.2 Å². The Morgan fingerprint density at radius 1 is 1.43 bits per heavy atom. The molecule has 0 radical (unpaired) electrons. The number of fused-ring (bicyclic) bond motifs is 1. The van der Waals surface area contributed by atoms with Crippen LogP contribution in [0.5, 0.6) is 0 Å². The Balaban J connectivity index is 1.61. The smallest absolute Gasteiger partial charge is 0.252 e. The quantitative estimate of drug-likeness (QED) is 0.474. The van der Waals surface area contributed by atoms with Gasteiger partial charge in [-0.05, 0) is 43.6 Å². The highest BCUT2D eigenvalue weighted by Crippen LogP contribution is 2.20. The minimum atomic E-state index is -0.192. The fraction of sp³-hybridized carbons (Fsp3) is 0.278. The zero-order valence-electron chi connectivity index (χ0n) is 15.5. The number of carbonyl (C=O) groups is 1. The van der Waals surface area contributed by atoms with Gasteiger partial charge in [0.25, 0.3) is 5.91 Å². The van der Waals surface area contributed by atoms with E-state index in [1.54, 1.807) is 23.6 Å². The third kappa shape index (κ3) is 3.48. The fourth-order valence-electron chi connectivity index (χ4n) is 3.09. The lowest BCUT2D eigenvalue weighted by atomic mass is 10.1. The fourth-order valence-corrected chi connectivity index (χ4v) is 4.06. The molecule has 1 amide bonds. The molecule has 0 saturated carbocycles. The highest BCUT2D eigenvalue weighted by molar-refractivity contribution is 7.71. The Morgan fingerprint density at radius 3 is 3.04 bits per heavy atom. The Bertz CT molecular complexity index is 1190. The number of aromatic amines is 1. The van der Waals surface area contributed by atoms with Gasteiger partial charge in [-0.25, -0.2) is 9.67 Å². The molecule has 4 aromatic heterocycles. The van der Waals surface area contributed by atoms with Gasteiger partial charge in [0.15, 0.2) is 16.2 Å².